The lowest BCUT2D eigenvalue weighted by atomic mass is 10.1. The molecule has 136 valence electrons. The lowest BCUT2D eigenvalue weighted by Gasteiger charge is -2.26. The summed E-state index contributed by atoms with van der Waals surface area (Å²) >= 11 is 5.79. The lowest BCUT2D eigenvalue weighted by molar-refractivity contribution is 0.0690. The van der Waals surface area contributed by atoms with Gasteiger partial charge in [-0.05, 0) is 43.7 Å². The number of ether oxygens (including phenoxy) is 1. The van der Waals surface area contributed by atoms with Crippen LogP contribution in [0, 0.1) is 5.82 Å². The van der Waals surface area contributed by atoms with Gasteiger partial charge in [0.1, 0.15) is 11.5 Å². The van der Waals surface area contributed by atoms with Gasteiger partial charge < -0.3 is 14.4 Å². The molecule has 0 aliphatic rings. The van der Waals surface area contributed by atoms with Crippen molar-refractivity contribution in [2.24, 2.45) is 0 Å². The highest BCUT2D eigenvalue weighted by molar-refractivity contribution is 6.30. The summed E-state index contributed by atoms with van der Waals surface area (Å²) in [4.78, 5) is 15.6. The molecule has 0 radical (unpaired) electrons. The molecule has 1 N–H and O–H groups in total. The molecular formula is C19H18ClFN2O3. The predicted octanol–water partition coefficient (Wildman–Crippen LogP) is 4.58. The molecule has 5 nitrogen and oxygen atoms in total. The van der Waals surface area contributed by atoms with Gasteiger partial charge in [-0.15, -0.1) is 0 Å². The molecule has 0 atom stereocenters. The van der Waals surface area contributed by atoms with Crippen LogP contribution >= 0.6 is 11.6 Å². The molecule has 0 aliphatic carbocycles. The summed E-state index contributed by atoms with van der Waals surface area (Å²) in [6, 6.07) is 7.70. The van der Waals surface area contributed by atoms with Gasteiger partial charge >= 0.3 is 5.97 Å². The van der Waals surface area contributed by atoms with Crippen molar-refractivity contribution in [1.29, 1.82) is 0 Å². The first kappa shape index (κ1) is 18.4. The molecule has 1 aromatic carbocycles. The molecular weight excluding hydrogens is 359 g/mol. The van der Waals surface area contributed by atoms with Crippen LogP contribution in [0.4, 0.5) is 4.39 Å². The molecule has 7 heteroatoms. The Morgan fingerprint density at radius 3 is 2.69 bits per heavy atom. The molecule has 0 spiro atoms. The number of pyridine rings is 1. The van der Waals surface area contributed by atoms with E-state index in [2.05, 4.69) is 4.98 Å². The Kier molecular flexibility index (Phi) is 4.73. The highest BCUT2D eigenvalue weighted by Crippen LogP contribution is 2.35. The summed E-state index contributed by atoms with van der Waals surface area (Å²) in [5.74, 6) is -1.63. The van der Waals surface area contributed by atoms with Crippen LogP contribution in [0.5, 0.6) is 0 Å². The average molecular weight is 377 g/mol. The van der Waals surface area contributed by atoms with Gasteiger partial charge in [-0.1, -0.05) is 17.7 Å². The van der Waals surface area contributed by atoms with Gasteiger partial charge in [-0.3, -0.25) is 0 Å². The number of benzene rings is 1. The Labute approximate surface area is 155 Å². The fourth-order valence-electron chi connectivity index (χ4n) is 3.00. The first-order chi connectivity index (χ1) is 12.2. The summed E-state index contributed by atoms with van der Waals surface area (Å²) in [7, 11) is 1.60. The number of aromatic carboxylic acids is 1. The van der Waals surface area contributed by atoms with E-state index in [0.717, 1.165) is 10.9 Å². The minimum Gasteiger partial charge on any atom is -0.477 e. The number of rotatable bonds is 5. The van der Waals surface area contributed by atoms with Gasteiger partial charge in [0.05, 0.1) is 17.2 Å². The predicted molar refractivity (Wildman–Crippen MR) is 98.3 cm³/mol. The summed E-state index contributed by atoms with van der Waals surface area (Å²) in [6.07, 6.45) is 1.84. The second-order valence-corrected chi connectivity index (χ2v) is 7.07. The standard InChI is InChI=1S/C19H18ClFN2O3/c1-19(2,10-26-3)23-9-13(11-4-6-14(20)15(21)8-11)12-5-7-16(18(24)25)22-17(12)23/h4-9H,10H2,1-3H3,(H,24,25). The molecule has 2 heterocycles. The summed E-state index contributed by atoms with van der Waals surface area (Å²) in [5.41, 5.74) is 1.33. The molecule has 3 rings (SSSR count). The van der Waals surface area contributed by atoms with Crippen molar-refractivity contribution in [2.45, 2.75) is 19.4 Å². The van der Waals surface area contributed by atoms with Crippen LogP contribution in [0.15, 0.2) is 36.5 Å². The Hall–Kier alpha value is -2.44. The van der Waals surface area contributed by atoms with Crippen molar-refractivity contribution in [3.05, 3.63) is 53.1 Å². The Bertz CT molecular complexity index is 998. The van der Waals surface area contributed by atoms with Crippen molar-refractivity contribution >= 4 is 28.6 Å². The van der Waals surface area contributed by atoms with E-state index in [-0.39, 0.29) is 10.7 Å². The smallest absolute Gasteiger partial charge is 0.354 e. The zero-order valence-electron chi connectivity index (χ0n) is 14.6. The Morgan fingerprint density at radius 1 is 1.35 bits per heavy atom. The molecule has 0 fully saturated rings. The van der Waals surface area contributed by atoms with Crippen LogP contribution in [-0.4, -0.2) is 34.3 Å². The number of aromatic nitrogens is 2. The van der Waals surface area contributed by atoms with Crippen molar-refractivity contribution in [3.8, 4) is 11.1 Å². The summed E-state index contributed by atoms with van der Waals surface area (Å²) < 4.78 is 21.1. The Balaban J connectivity index is 2.30. The highest BCUT2D eigenvalue weighted by Gasteiger charge is 2.25. The van der Waals surface area contributed by atoms with Crippen LogP contribution in [0.2, 0.25) is 5.02 Å². The van der Waals surface area contributed by atoms with Crippen LogP contribution in [0.1, 0.15) is 24.3 Å². The van der Waals surface area contributed by atoms with Crippen molar-refractivity contribution in [2.75, 3.05) is 13.7 Å². The van der Waals surface area contributed by atoms with Crippen LogP contribution in [0.25, 0.3) is 22.2 Å². The molecule has 0 unspecified atom stereocenters. The molecule has 26 heavy (non-hydrogen) atoms. The maximum absolute atomic E-state index is 13.9. The second kappa shape index (κ2) is 6.70. The average Bonchev–Trinajstić information content (AvgIpc) is 2.97. The molecule has 0 saturated carbocycles. The van der Waals surface area contributed by atoms with Crippen molar-refractivity contribution in [3.63, 3.8) is 0 Å². The molecule has 0 saturated heterocycles. The minimum atomic E-state index is -1.11. The quantitative estimate of drug-likeness (QED) is 0.708. The number of nitrogens with zero attached hydrogens (tertiary/aromatic N) is 2. The van der Waals surface area contributed by atoms with Crippen LogP contribution in [0.3, 0.4) is 0 Å². The SMILES string of the molecule is COCC(C)(C)n1cc(-c2ccc(Cl)c(F)c2)c2ccc(C(=O)O)nc21. The number of hydrogen-bond acceptors (Lipinski definition) is 3. The van der Waals surface area contributed by atoms with E-state index in [1.165, 1.54) is 18.2 Å². The van der Waals surface area contributed by atoms with E-state index in [4.69, 9.17) is 16.3 Å². The molecule has 2 aromatic heterocycles. The topological polar surface area (TPSA) is 64.3 Å². The normalized spacial score (nSPS) is 11.9. The number of hydrogen-bond donors (Lipinski definition) is 1. The van der Waals surface area contributed by atoms with Gasteiger partial charge in [0.25, 0.3) is 0 Å². The van der Waals surface area contributed by atoms with Gasteiger partial charge in [-0.25, -0.2) is 14.2 Å². The fourth-order valence-corrected chi connectivity index (χ4v) is 3.12. The van der Waals surface area contributed by atoms with Crippen LogP contribution in [-0.2, 0) is 10.3 Å². The number of methoxy groups -OCH3 is 1. The maximum Gasteiger partial charge on any atom is 0.354 e. The largest absolute Gasteiger partial charge is 0.477 e. The number of halogens is 2. The summed E-state index contributed by atoms with van der Waals surface area (Å²) in [6.45, 7) is 4.30. The molecule has 3 aromatic rings. The van der Waals surface area contributed by atoms with Gasteiger partial charge in [0.2, 0.25) is 0 Å². The minimum absolute atomic E-state index is 0.0449. The zero-order chi connectivity index (χ0) is 19.1. The second-order valence-electron chi connectivity index (χ2n) is 6.66. The lowest BCUT2D eigenvalue weighted by Crippen LogP contribution is -2.31. The molecule has 0 aliphatic heterocycles. The number of carboxylic acids is 1. The van der Waals surface area contributed by atoms with Gasteiger partial charge in [0, 0.05) is 24.3 Å². The number of carboxylic acid groups (broad SMARTS) is 1. The third-order valence-electron chi connectivity index (χ3n) is 4.25. The van der Waals surface area contributed by atoms with E-state index in [1.807, 2.05) is 24.6 Å². The number of carbonyl (C=O) groups is 1. The fraction of sp³-hybridized carbons (Fsp3) is 0.263. The van der Waals surface area contributed by atoms with Gasteiger partial charge in [-0.2, -0.15) is 0 Å². The van der Waals surface area contributed by atoms with Crippen molar-refractivity contribution < 1.29 is 19.0 Å². The van der Waals surface area contributed by atoms with Gasteiger partial charge in [0.15, 0.2) is 5.69 Å². The third-order valence-corrected chi connectivity index (χ3v) is 4.56. The van der Waals surface area contributed by atoms with E-state index >= 15 is 0 Å². The van der Waals surface area contributed by atoms with E-state index < -0.39 is 17.3 Å². The molecule has 0 bridgehead atoms. The number of fused-ring (bicyclic) bond motifs is 1. The Morgan fingerprint density at radius 2 is 2.08 bits per heavy atom. The zero-order valence-corrected chi connectivity index (χ0v) is 15.3. The third kappa shape index (κ3) is 3.18. The first-order valence-electron chi connectivity index (χ1n) is 7.95. The monoisotopic (exact) mass is 376 g/mol. The first-order valence-corrected chi connectivity index (χ1v) is 8.32. The van der Waals surface area contributed by atoms with Crippen molar-refractivity contribution in [1.82, 2.24) is 9.55 Å². The van der Waals surface area contributed by atoms with E-state index in [1.54, 1.807) is 19.2 Å². The highest BCUT2D eigenvalue weighted by atomic mass is 35.5. The molecule has 0 amide bonds. The van der Waals surface area contributed by atoms with E-state index in [0.29, 0.717) is 17.8 Å². The maximum atomic E-state index is 13.9. The summed E-state index contributed by atoms with van der Waals surface area (Å²) in [5, 5.41) is 10.0. The van der Waals surface area contributed by atoms with E-state index in [9.17, 15) is 14.3 Å². The van der Waals surface area contributed by atoms with Crippen LogP contribution < -0.4 is 0 Å².